The lowest BCUT2D eigenvalue weighted by Gasteiger charge is -2.33. The van der Waals surface area contributed by atoms with Crippen molar-refractivity contribution in [1.82, 2.24) is 14.9 Å². The fourth-order valence-electron chi connectivity index (χ4n) is 3.93. The Morgan fingerprint density at radius 1 is 1.03 bits per heavy atom. The maximum absolute atomic E-state index is 13.5. The summed E-state index contributed by atoms with van der Waals surface area (Å²) in [7, 11) is 1.60. The molecule has 2 N–H and O–H groups in total. The van der Waals surface area contributed by atoms with Crippen molar-refractivity contribution in [3.63, 3.8) is 0 Å². The second kappa shape index (κ2) is 10.1. The summed E-state index contributed by atoms with van der Waals surface area (Å²) in [4.78, 5) is 13.5. The van der Waals surface area contributed by atoms with E-state index in [-0.39, 0.29) is 11.9 Å². The molecule has 0 saturated heterocycles. The Hall–Kier alpha value is -3.98. The molecule has 0 saturated carbocycles. The lowest BCUT2D eigenvalue weighted by Crippen LogP contribution is -2.41. The third-order valence-corrected chi connectivity index (χ3v) is 6.83. The molecule has 4 aromatic rings. The first-order valence-electron chi connectivity index (χ1n) is 11.3. The van der Waals surface area contributed by atoms with E-state index in [1.807, 2.05) is 84.4 Å². The fourth-order valence-corrected chi connectivity index (χ4v) is 5.01. The van der Waals surface area contributed by atoms with Crippen molar-refractivity contribution < 1.29 is 14.3 Å². The zero-order valence-electron chi connectivity index (χ0n) is 19.3. The zero-order valence-corrected chi connectivity index (χ0v) is 20.2. The molecule has 0 bridgehead atoms. The number of methoxy groups -OCH3 is 1. The van der Waals surface area contributed by atoms with E-state index in [0.717, 1.165) is 16.9 Å². The number of nitrogens with zero attached hydrogens (tertiary/aromatic N) is 3. The molecular formula is C26H25N5O3S. The molecule has 1 aliphatic rings. The highest BCUT2D eigenvalue weighted by atomic mass is 32.2. The first kappa shape index (κ1) is 22.8. The van der Waals surface area contributed by atoms with Gasteiger partial charge in [-0.1, -0.05) is 60.3 Å². The van der Waals surface area contributed by atoms with Crippen LogP contribution in [0.1, 0.15) is 18.5 Å². The van der Waals surface area contributed by atoms with E-state index >= 15 is 0 Å². The van der Waals surface area contributed by atoms with Crippen molar-refractivity contribution in [3.8, 4) is 22.9 Å². The number of benzene rings is 3. The van der Waals surface area contributed by atoms with Gasteiger partial charge in [-0.3, -0.25) is 4.79 Å². The van der Waals surface area contributed by atoms with E-state index in [2.05, 4.69) is 20.9 Å². The number of hydrogen-bond acceptors (Lipinski definition) is 7. The molecular weight excluding hydrogens is 462 g/mol. The Bertz CT molecular complexity index is 1310. The number of carbonyl (C=O) groups is 1. The molecule has 1 amide bonds. The molecule has 0 radical (unpaired) electrons. The van der Waals surface area contributed by atoms with Crippen LogP contribution in [0.5, 0.6) is 11.5 Å². The number of rotatable bonds is 7. The molecule has 35 heavy (non-hydrogen) atoms. The average molecular weight is 488 g/mol. The van der Waals surface area contributed by atoms with Crippen molar-refractivity contribution in [3.05, 3.63) is 84.4 Å². The van der Waals surface area contributed by atoms with Gasteiger partial charge in [0.1, 0.15) is 16.7 Å². The van der Waals surface area contributed by atoms with Gasteiger partial charge in [-0.2, -0.15) is 0 Å². The van der Waals surface area contributed by atoms with Gasteiger partial charge in [0.05, 0.1) is 19.8 Å². The Kier molecular flexibility index (Phi) is 6.58. The van der Waals surface area contributed by atoms with Crippen molar-refractivity contribution in [2.45, 2.75) is 23.4 Å². The van der Waals surface area contributed by atoms with Crippen LogP contribution in [0, 0.1) is 0 Å². The summed E-state index contributed by atoms with van der Waals surface area (Å²) in [5.74, 6) is 2.00. The fraction of sp³-hybridized carbons (Fsp3) is 0.192. The van der Waals surface area contributed by atoms with Crippen LogP contribution in [-0.2, 0) is 4.79 Å². The number of amides is 1. The standard InChI is InChI=1S/C26H25N5O3S/c1-3-34-20-14-12-17(13-15-20)22-23(25(32)27-19-10-7-11-21(16-19)33-2)35-26-29-28-24(31(26)30-22)18-8-5-4-6-9-18/h4-16,22-23,30H,3H2,1-2H3,(H,27,32)/t22-,23-/m1/s1. The number of fused-ring (bicyclic) bond motifs is 1. The Labute approximate surface area is 207 Å². The molecule has 3 aromatic carbocycles. The third-order valence-electron chi connectivity index (χ3n) is 5.61. The number of thioether (sulfide) groups is 1. The minimum Gasteiger partial charge on any atom is -0.497 e. The van der Waals surface area contributed by atoms with Crippen molar-refractivity contribution in [1.29, 1.82) is 0 Å². The monoisotopic (exact) mass is 487 g/mol. The summed E-state index contributed by atoms with van der Waals surface area (Å²) in [6, 6.07) is 24.6. The van der Waals surface area contributed by atoms with E-state index in [4.69, 9.17) is 9.47 Å². The van der Waals surface area contributed by atoms with Crippen LogP contribution in [-0.4, -0.2) is 39.7 Å². The number of aromatic nitrogens is 3. The average Bonchev–Trinajstić information content (AvgIpc) is 3.32. The molecule has 0 fully saturated rings. The molecule has 1 aliphatic heterocycles. The van der Waals surface area contributed by atoms with Gasteiger partial charge in [0.15, 0.2) is 5.82 Å². The number of nitrogens with one attached hydrogen (secondary N) is 2. The van der Waals surface area contributed by atoms with Gasteiger partial charge in [-0.25, -0.2) is 4.68 Å². The van der Waals surface area contributed by atoms with Crippen LogP contribution < -0.4 is 20.2 Å². The highest BCUT2D eigenvalue weighted by Crippen LogP contribution is 2.39. The number of ether oxygens (including phenoxy) is 2. The number of carbonyl (C=O) groups excluding carboxylic acids is 1. The summed E-state index contributed by atoms with van der Waals surface area (Å²) >= 11 is 1.38. The SMILES string of the molecule is CCOc1ccc([C@H]2Nn3c(nnc3-c3ccccc3)S[C@H]2C(=O)Nc2cccc(OC)c2)cc1. The van der Waals surface area contributed by atoms with Crippen molar-refractivity contribution >= 4 is 23.4 Å². The first-order chi connectivity index (χ1) is 17.2. The van der Waals surface area contributed by atoms with Crippen LogP contribution >= 0.6 is 11.8 Å². The molecule has 1 aromatic heterocycles. The van der Waals surface area contributed by atoms with E-state index < -0.39 is 5.25 Å². The predicted octanol–water partition coefficient (Wildman–Crippen LogP) is 4.75. The normalized spacial score (nSPS) is 16.6. The lowest BCUT2D eigenvalue weighted by molar-refractivity contribution is -0.116. The topological polar surface area (TPSA) is 90.3 Å². The first-order valence-corrected chi connectivity index (χ1v) is 12.2. The van der Waals surface area contributed by atoms with Gasteiger partial charge >= 0.3 is 0 Å². The lowest BCUT2D eigenvalue weighted by atomic mass is 10.0. The predicted molar refractivity (Wildman–Crippen MR) is 136 cm³/mol. The molecule has 2 heterocycles. The summed E-state index contributed by atoms with van der Waals surface area (Å²) < 4.78 is 12.8. The van der Waals surface area contributed by atoms with Crippen LogP contribution in [0.25, 0.3) is 11.4 Å². The summed E-state index contributed by atoms with van der Waals surface area (Å²) in [5, 5.41) is 11.9. The van der Waals surface area contributed by atoms with E-state index in [0.29, 0.717) is 29.0 Å². The molecule has 0 aliphatic carbocycles. The number of hydrogen-bond donors (Lipinski definition) is 2. The van der Waals surface area contributed by atoms with Gasteiger partial charge < -0.3 is 20.2 Å². The van der Waals surface area contributed by atoms with Gasteiger partial charge in [-0.05, 0) is 36.8 Å². The summed E-state index contributed by atoms with van der Waals surface area (Å²) in [6.45, 7) is 2.54. The summed E-state index contributed by atoms with van der Waals surface area (Å²) in [5.41, 5.74) is 6.04. The maximum atomic E-state index is 13.5. The molecule has 9 heteroatoms. The van der Waals surface area contributed by atoms with E-state index in [1.165, 1.54) is 11.8 Å². The quantitative estimate of drug-likeness (QED) is 0.389. The molecule has 178 valence electrons. The molecule has 0 unspecified atom stereocenters. The smallest absolute Gasteiger partial charge is 0.240 e. The largest absolute Gasteiger partial charge is 0.497 e. The van der Waals surface area contributed by atoms with E-state index in [9.17, 15) is 4.79 Å². The molecule has 0 spiro atoms. The highest BCUT2D eigenvalue weighted by molar-refractivity contribution is 8.00. The minimum absolute atomic E-state index is 0.148. The minimum atomic E-state index is -0.500. The van der Waals surface area contributed by atoms with Gasteiger partial charge in [-0.15, -0.1) is 10.2 Å². The molecule has 8 nitrogen and oxygen atoms in total. The van der Waals surface area contributed by atoms with E-state index in [1.54, 1.807) is 13.2 Å². The van der Waals surface area contributed by atoms with Crippen LogP contribution in [0.2, 0.25) is 0 Å². The second-order valence-corrected chi connectivity index (χ2v) is 8.98. The third kappa shape index (κ3) is 4.81. The second-order valence-electron chi connectivity index (χ2n) is 7.88. The Morgan fingerprint density at radius 2 is 1.83 bits per heavy atom. The number of anilines is 1. The van der Waals surface area contributed by atoms with Crippen LogP contribution in [0.3, 0.4) is 0 Å². The van der Waals surface area contributed by atoms with Gasteiger partial charge in [0.2, 0.25) is 11.1 Å². The molecule has 5 rings (SSSR count). The van der Waals surface area contributed by atoms with Crippen LogP contribution in [0.15, 0.2) is 84.0 Å². The van der Waals surface area contributed by atoms with Crippen molar-refractivity contribution in [2.75, 3.05) is 24.5 Å². The molecule has 2 atom stereocenters. The Balaban J connectivity index is 1.49. The Morgan fingerprint density at radius 3 is 2.57 bits per heavy atom. The van der Waals surface area contributed by atoms with Crippen molar-refractivity contribution in [2.24, 2.45) is 0 Å². The highest BCUT2D eigenvalue weighted by Gasteiger charge is 2.38. The van der Waals surface area contributed by atoms with Gasteiger partial charge in [0.25, 0.3) is 0 Å². The maximum Gasteiger partial charge on any atom is 0.240 e. The summed E-state index contributed by atoms with van der Waals surface area (Å²) in [6.07, 6.45) is 0. The zero-order chi connectivity index (χ0) is 24.2. The van der Waals surface area contributed by atoms with Crippen LogP contribution in [0.4, 0.5) is 5.69 Å². The van der Waals surface area contributed by atoms with Gasteiger partial charge in [0, 0.05) is 17.3 Å².